The lowest BCUT2D eigenvalue weighted by Crippen LogP contribution is -2.28. The third kappa shape index (κ3) is 3.42. The van der Waals surface area contributed by atoms with Crippen molar-refractivity contribution in [3.05, 3.63) is 33.9 Å². The summed E-state index contributed by atoms with van der Waals surface area (Å²) >= 11 is 0. The molecule has 1 aromatic rings. The van der Waals surface area contributed by atoms with Gasteiger partial charge in [-0.15, -0.1) is 0 Å². The molecule has 1 aliphatic heterocycles. The van der Waals surface area contributed by atoms with Crippen molar-refractivity contribution in [2.75, 3.05) is 18.6 Å². The van der Waals surface area contributed by atoms with Crippen LogP contribution in [0.15, 0.2) is 18.2 Å². The summed E-state index contributed by atoms with van der Waals surface area (Å²) in [7, 11) is 2.40. The zero-order chi connectivity index (χ0) is 17.4. The summed E-state index contributed by atoms with van der Waals surface area (Å²) in [5.41, 5.74) is -0.528. The fourth-order valence-corrected chi connectivity index (χ4v) is 3.27. The summed E-state index contributed by atoms with van der Waals surface area (Å²) in [4.78, 5) is 35.0. The second-order valence-electron chi connectivity index (χ2n) is 4.76. The minimum atomic E-state index is -3.95. The number of esters is 1. The van der Waals surface area contributed by atoms with E-state index in [1.54, 1.807) is 0 Å². The zero-order valence-electron chi connectivity index (χ0n) is 11.8. The van der Waals surface area contributed by atoms with Crippen molar-refractivity contribution in [1.29, 1.82) is 0 Å². The molecule has 1 amide bonds. The molecule has 124 valence electrons. The molecule has 0 spiro atoms. The number of halogens is 1. The lowest BCUT2D eigenvalue weighted by Gasteiger charge is -2.19. The maximum atomic E-state index is 12.0. The Balaban J connectivity index is 2.49. The van der Waals surface area contributed by atoms with Gasteiger partial charge in [0.05, 0.1) is 23.3 Å². The van der Waals surface area contributed by atoms with Gasteiger partial charge in [0, 0.05) is 35.8 Å². The molecule has 1 fully saturated rings. The van der Waals surface area contributed by atoms with Gasteiger partial charge < -0.3 is 9.64 Å². The van der Waals surface area contributed by atoms with Crippen LogP contribution < -0.4 is 4.90 Å². The zero-order valence-corrected chi connectivity index (χ0v) is 13.3. The van der Waals surface area contributed by atoms with Crippen LogP contribution in [0.5, 0.6) is 0 Å². The van der Waals surface area contributed by atoms with Crippen LogP contribution in [-0.4, -0.2) is 44.1 Å². The molecule has 1 aromatic carbocycles. The van der Waals surface area contributed by atoms with Crippen LogP contribution >= 0.6 is 10.7 Å². The second-order valence-corrected chi connectivity index (χ2v) is 7.66. The molecule has 0 aliphatic carbocycles. The first-order valence-electron chi connectivity index (χ1n) is 6.25. The first-order valence-corrected chi connectivity index (χ1v) is 8.63. The second kappa shape index (κ2) is 6.13. The number of nitrogens with zero attached hydrogens (tertiary/aromatic N) is 2. The first kappa shape index (κ1) is 17.2. The van der Waals surface area contributed by atoms with Crippen molar-refractivity contribution in [2.45, 2.75) is 11.7 Å². The molecule has 1 heterocycles. The molecule has 1 atom stereocenters. The van der Waals surface area contributed by atoms with Crippen LogP contribution in [0.3, 0.4) is 0 Å². The van der Waals surface area contributed by atoms with E-state index < -0.39 is 31.1 Å². The molecule has 1 saturated heterocycles. The number of anilines is 1. The van der Waals surface area contributed by atoms with Crippen molar-refractivity contribution in [3.8, 4) is 0 Å². The summed E-state index contributed by atoms with van der Waals surface area (Å²) < 4.78 is 27.3. The third-order valence-corrected chi connectivity index (χ3v) is 5.24. The number of amides is 1. The highest BCUT2D eigenvalue weighted by Gasteiger charge is 2.39. The number of methoxy groups -OCH3 is 1. The average molecular weight is 363 g/mol. The fourth-order valence-electron chi connectivity index (χ4n) is 2.24. The number of rotatable bonds is 4. The van der Waals surface area contributed by atoms with E-state index in [4.69, 9.17) is 10.7 Å². The topological polar surface area (TPSA) is 124 Å². The Hall–Kier alpha value is -2.20. The minimum Gasteiger partial charge on any atom is -0.465 e. The van der Waals surface area contributed by atoms with Gasteiger partial charge in [-0.25, -0.2) is 13.2 Å². The number of carbonyl (C=O) groups excluding carboxylic acids is 2. The Labute approximate surface area is 135 Å². The Bertz CT molecular complexity index is 793. The predicted molar refractivity (Wildman–Crippen MR) is 80.0 cm³/mol. The van der Waals surface area contributed by atoms with Gasteiger partial charge in [0.2, 0.25) is 15.0 Å². The van der Waals surface area contributed by atoms with E-state index in [0.717, 1.165) is 24.1 Å². The van der Waals surface area contributed by atoms with E-state index in [1.165, 1.54) is 6.07 Å². The summed E-state index contributed by atoms with van der Waals surface area (Å²) in [6.07, 6.45) is -0.330. The van der Waals surface area contributed by atoms with Crippen LogP contribution in [0.4, 0.5) is 11.4 Å². The van der Waals surface area contributed by atoms with Crippen LogP contribution in [-0.2, 0) is 18.6 Å². The number of benzene rings is 1. The Morgan fingerprint density at radius 1 is 1.48 bits per heavy atom. The molecule has 0 radical (unpaired) electrons. The van der Waals surface area contributed by atoms with E-state index in [1.807, 2.05) is 0 Å². The lowest BCUT2D eigenvalue weighted by atomic mass is 10.1. The normalized spacial score (nSPS) is 18.1. The molecule has 1 unspecified atom stereocenters. The molecule has 0 N–H and O–H groups in total. The largest absolute Gasteiger partial charge is 0.465 e. The van der Waals surface area contributed by atoms with Gasteiger partial charge in [-0.2, -0.15) is 0 Å². The quantitative estimate of drug-likeness (QED) is 0.339. The van der Waals surface area contributed by atoms with Gasteiger partial charge in [0.15, 0.2) is 0 Å². The molecule has 23 heavy (non-hydrogen) atoms. The number of hydrogen-bond acceptors (Lipinski definition) is 7. The number of ether oxygens (including phenoxy) is 1. The molecule has 9 nitrogen and oxygen atoms in total. The number of carbonyl (C=O) groups is 2. The molecular formula is C12H11ClN2O7S. The average Bonchev–Trinajstić information content (AvgIpc) is 2.87. The maximum absolute atomic E-state index is 12.0. The van der Waals surface area contributed by atoms with Crippen LogP contribution in [0.25, 0.3) is 0 Å². The Kier molecular flexibility index (Phi) is 4.57. The van der Waals surface area contributed by atoms with Crippen molar-refractivity contribution in [3.63, 3.8) is 0 Å². The highest BCUT2D eigenvalue weighted by molar-refractivity contribution is 8.14. The summed E-state index contributed by atoms with van der Waals surface area (Å²) in [6.45, 7) is -0.244. The maximum Gasteiger partial charge on any atom is 0.340 e. The van der Waals surface area contributed by atoms with Crippen molar-refractivity contribution in [2.24, 2.45) is 0 Å². The van der Waals surface area contributed by atoms with E-state index in [9.17, 15) is 28.1 Å². The first-order chi connectivity index (χ1) is 10.6. The van der Waals surface area contributed by atoms with Crippen LogP contribution in [0, 0.1) is 10.1 Å². The summed E-state index contributed by atoms with van der Waals surface area (Å²) in [5.74, 6) is -1.44. The fraction of sp³-hybridized carbons (Fsp3) is 0.333. The van der Waals surface area contributed by atoms with E-state index >= 15 is 0 Å². The van der Waals surface area contributed by atoms with E-state index in [-0.39, 0.29) is 29.9 Å². The SMILES string of the molecule is COC(=O)c1cc([N+](=O)[O-])ccc1N1CC(S(=O)(=O)Cl)CC1=O. The molecule has 0 aromatic heterocycles. The molecular weight excluding hydrogens is 352 g/mol. The van der Waals surface area contributed by atoms with Gasteiger partial charge in [-0.3, -0.25) is 14.9 Å². The van der Waals surface area contributed by atoms with Crippen molar-refractivity contribution in [1.82, 2.24) is 0 Å². The predicted octanol–water partition coefficient (Wildman–Crippen LogP) is 1.06. The number of nitro groups is 1. The van der Waals surface area contributed by atoms with Crippen molar-refractivity contribution < 1.29 is 27.7 Å². The molecule has 0 bridgehead atoms. The van der Waals surface area contributed by atoms with Gasteiger partial charge >= 0.3 is 5.97 Å². The summed E-state index contributed by atoms with van der Waals surface area (Å²) in [6, 6.07) is 3.28. The van der Waals surface area contributed by atoms with Crippen molar-refractivity contribution >= 4 is 43.0 Å². The molecule has 1 aliphatic rings. The van der Waals surface area contributed by atoms with E-state index in [2.05, 4.69) is 4.74 Å². The standard InChI is InChI=1S/C12H11ClN2O7S/c1-22-12(17)9-4-7(15(18)19)2-3-10(9)14-6-8(5-11(14)16)23(13,20)21/h2-4,8H,5-6H2,1H3. The Morgan fingerprint density at radius 3 is 2.61 bits per heavy atom. The third-order valence-electron chi connectivity index (χ3n) is 3.37. The number of non-ortho nitro benzene ring substituents is 1. The highest BCUT2D eigenvalue weighted by atomic mass is 35.7. The Morgan fingerprint density at radius 2 is 2.13 bits per heavy atom. The monoisotopic (exact) mass is 362 g/mol. The molecule has 11 heteroatoms. The smallest absolute Gasteiger partial charge is 0.340 e. The number of nitro benzene ring substituents is 1. The molecule has 0 saturated carbocycles. The van der Waals surface area contributed by atoms with Gasteiger partial charge in [0.25, 0.3) is 5.69 Å². The van der Waals surface area contributed by atoms with E-state index in [0.29, 0.717) is 0 Å². The number of hydrogen-bond donors (Lipinski definition) is 0. The van der Waals surface area contributed by atoms with Crippen LogP contribution in [0.1, 0.15) is 16.8 Å². The summed E-state index contributed by atoms with van der Waals surface area (Å²) in [5, 5.41) is 9.71. The van der Waals surface area contributed by atoms with Gasteiger partial charge in [0.1, 0.15) is 5.25 Å². The van der Waals surface area contributed by atoms with Gasteiger partial charge in [-0.05, 0) is 6.07 Å². The van der Waals surface area contributed by atoms with Crippen LogP contribution in [0.2, 0.25) is 0 Å². The minimum absolute atomic E-state index is 0.0373. The molecule has 2 rings (SSSR count). The lowest BCUT2D eigenvalue weighted by molar-refractivity contribution is -0.384. The van der Waals surface area contributed by atoms with Gasteiger partial charge in [-0.1, -0.05) is 0 Å². The highest BCUT2D eigenvalue weighted by Crippen LogP contribution is 2.31.